The van der Waals surface area contributed by atoms with Gasteiger partial charge in [0.2, 0.25) is 5.91 Å². The highest BCUT2D eigenvalue weighted by Crippen LogP contribution is 2.23. The second kappa shape index (κ2) is 5.24. The van der Waals surface area contributed by atoms with Gasteiger partial charge in [0.15, 0.2) is 0 Å². The maximum atomic E-state index is 11.1. The number of hydrogen-bond donors (Lipinski definition) is 2. The Balaban J connectivity index is 2.39. The van der Waals surface area contributed by atoms with Crippen LogP contribution in [0.2, 0.25) is 0 Å². The summed E-state index contributed by atoms with van der Waals surface area (Å²) in [5.41, 5.74) is 8.56. The Bertz CT molecular complexity index is 601. The van der Waals surface area contributed by atoms with E-state index >= 15 is 0 Å². The smallest absolute Gasteiger partial charge is 0.221 e. The summed E-state index contributed by atoms with van der Waals surface area (Å²) in [5, 5.41) is 2.76. The lowest BCUT2D eigenvalue weighted by Crippen LogP contribution is -2.10. The summed E-state index contributed by atoms with van der Waals surface area (Å²) >= 11 is 0. The first-order valence-electron chi connectivity index (χ1n) is 6.14. The molecule has 3 N–H and O–H groups in total. The Morgan fingerprint density at radius 2 is 2.21 bits per heavy atom. The number of hydrogen-bond acceptors (Lipinski definition) is 3. The summed E-state index contributed by atoms with van der Waals surface area (Å²) in [5.74, 6) is 0.743. The van der Waals surface area contributed by atoms with Crippen LogP contribution in [-0.2, 0) is 11.8 Å². The van der Waals surface area contributed by atoms with Gasteiger partial charge in [0.25, 0.3) is 0 Å². The van der Waals surface area contributed by atoms with Gasteiger partial charge in [-0.15, -0.1) is 0 Å². The van der Waals surface area contributed by atoms with Gasteiger partial charge in [0.05, 0.1) is 11.9 Å². The fourth-order valence-electron chi connectivity index (χ4n) is 2.05. The topological polar surface area (TPSA) is 72.9 Å². The van der Waals surface area contributed by atoms with Gasteiger partial charge in [-0.05, 0) is 19.1 Å². The van der Waals surface area contributed by atoms with Crippen LogP contribution in [0.1, 0.15) is 25.6 Å². The third kappa shape index (κ3) is 2.82. The van der Waals surface area contributed by atoms with E-state index in [0.717, 1.165) is 22.8 Å². The van der Waals surface area contributed by atoms with Gasteiger partial charge < -0.3 is 15.6 Å². The minimum Gasteiger partial charge on any atom is -0.330 e. The predicted octanol–water partition coefficient (Wildman–Crippen LogP) is 2.07. The Morgan fingerprint density at radius 3 is 2.79 bits per heavy atom. The maximum absolute atomic E-state index is 11.1. The third-order valence-corrected chi connectivity index (χ3v) is 2.93. The number of nitrogens with zero attached hydrogens (tertiary/aromatic N) is 2. The van der Waals surface area contributed by atoms with Crippen molar-refractivity contribution in [3.8, 4) is 11.4 Å². The lowest BCUT2D eigenvalue weighted by atomic mass is 10.2. The highest BCUT2D eigenvalue weighted by Gasteiger charge is 2.11. The van der Waals surface area contributed by atoms with Crippen molar-refractivity contribution < 1.29 is 4.79 Å². The van der Waals surface area contributed by atoms with Crippen LogP contribution in [-0.4, -0.2) is 15.5 Å². The average Bonchev–Trinajstić information content (AvgIpc) is 2.70. The van der Waals surface area contributed by atoms with Crippen molar-refractivity contribution >= 4 is 11.6 Å². The van der Waals surface area contributed by atoms with Crippen molar-refractivity contribution in [1.82, 2.24) is 9.55 Å². The second-order valence-corrected chi connectivity index (χ2v) is 4.62. The van der Waals surface area contributed by atoms with Crippen LogP contribution >= 0.6 is 0 Å². The number of amides is 1. The number of carbonyl (C=O) groups excluding carboxylic acids is 1. The van der Waals surface area contributed by atoms with Gasteiger partial charge in [-0.1, -0.05) is 12.1 Å². The lowest BCUT2D eigenvalue weighted by molar-refractivity contribution is -0.114. The number of imidazole rings is 1. The molecule has 0 saturated heterocycles. The van der Waals surface area contributed by atoms with E-state index in [9.17, 15) is 4.79 Å². The van der Waals surface area contributed by atoms with Crippen LogP contribution in [0.5, 0.6) is 0 Å². The number of carbonyl (C=O) groups is 1. The Morgan fingerprint density at radius 1 is 1.47 bits per heavy atom. The summed E-state index contributed by atoms with van der Waals surface area (Å²) in [4.78, 5) is 15.5. The monoisotopic (exact) mass is 258 g/mol. The van der Waals surface area contributed by atoms with Crippen molar-refractivity contribution in [3.05, 3.63) is 36.2 Å². The molecule has 0 aliphatic carbocycles. The zero-order valence-electron chi connectivity index (χ0n) is 11.3. The molecule has 0 bridgehead atoms. The summed E-state index contributed by atoms with van der Waals surface area (Å²) in [6.07, 6.45) is 1.78. The fraction of sp³-hybridized carbons (Fsp3) is 0.286. The van der Waals surface area contributed by atoms with Gasteiger partial charge in [-0.25, -0.2) is 4.98 Å². The molecule has 0 spiro atoms. The molecule has 5 heteroatoms. The highest BCUT2D eigenvalue weighted by molar-refractivity contribution is 5.89. The van der Waals surface area contributed by atoms with E-state index in [1.165, 1.54) is 6.92 Å². The standard InChI is InChI=1S/C14H18N4O/c1-9(15)13-8-16-14(18(13)3)11-5-4-6-12(7-11)17-10(2)19/h4-9H,15H2,1-3H3,(H,17,19). The van der Waals surface area contributed by atoms with Gasteiger partial charge in [0, 0.05) is 31.3 Å². The van der Waals surface area contributed by atoms with E-state index in [-0.39, 0.29) is 11.9 Å². The molecule has 5 nitrogen and oxygen atoms in total. The Labute approximate surface area is 112 Å². The van der Waals surface area contributed by atoms with Gasteiger partial charge in [-0.3, -0.25) is 4.79 Å². The molecule has 0 fully saturated rings. The second-order valence-electron chi connectivity index (χ2n) is 4.62. The summed E-state index contributed by atoms with van der Waals surface area (Å²) < 4.78 is 1.97. The van der Waals surface area contributed by atoms with E-state index in [2.05, 4.69) is 10.3 Å². The largest absolute Gasteiger partial charge is 0.330 e. The van der Waals surface area contributed by atoms with Crippen LogP contribution < -0.4 is 11.1 Å². The molecule has 2 aromatic rings. The summed E-state index contributed by atoms with van der Waals surface area (Å²) in [7, 11) is 1.94. The Kier molecular flexibility index (Phi) is 3.66. The molecule has 2 rings (SSSR count). The first-order valence-corrected chi connectivity index (χ1v) is 6.14. The first kappa shape index (κ1) is 13.3. The minimum atomic E-state index is -0.0896. The number of benzene rings is 1. The summed E-state index contributed by atoms with van der Waals surface area (Å²) in [6, 6.07) is 7.53. The first-order chi connectivity index (χ1) is 8.99. The van der Waals surface area contributed by atoms with Crippen LogP contribution in [0.25, 0.3) is 11.4 Å². The van der Waals surface area contributed by atoms with Crippen LogP contribution in [0, 0.1) is 0 Å². The molecular formula is C14H18N4O. The molecule has 0 saturated carbocycles. The molecule has 1 heterocycles. The van der Waals surface area contributed by atoms with E-state index < -0.39 is 0 Å². The van der Waals surface area contributed by atoms with Crippen molar-refractivity contribution in [2.75, 3.05) is 5.32 Å². The third-order valence-electron chi connectivity index (χ3n) is 2.93. The average molecular weight is 258 g/mol. The van der Waals surface area contributed by atoms with Gasteiger partial charge in [0.1, 0.15) is 5.82 Å². The van der Waals surface area contributed by atoms with Crippen molar-refractivity contribution in [1.29, 1.82) is 0 Å². The highest BCUT2D eigenvalue weighted by atomic mass is 16.1. The molecule has 0 aliphatic rings. The van der Waals surface area contributed by atoms with Crippen LogP contribution in [0.4, 0.5) is 5.69 Å². The molecule has 1 amide bonds. The molecule has 1 atom stereocenters. The fourth-order valence-corrected chi connectivity index (χ4v) is 2.05. The van der Waals surface area contributed by atoms with Crippen LogP contribution in [0.15, 0.2) is 30.5 Å². The number of nitrogens with one attached hydrogen (secondary N) is 1. The predicted molar refractivity (Wildman–Crippen MR) is 75.6 cm³/mol. The zero-order chi connectivity index (χ0) is 14.0. The number of nitrogens with two attached hydrogens (primary N) is 1. The van der Waals surface area contributed by atoms with Gasteiger partial charge >= 0.3 is 0 Å². The number of aromatic nitrogens is 2. The zero-order valence-corrected chi connectivity index (χ0v) is 11.3. The van der Waals surface area contributed by atoms with Gasteiger partial charge in [-0.2, -0.15) is 0 Å². The molecule has 0 radical (unpaired) electrons. The maximum Gasteiger partial charge on any atom is 0.221 e. The SMILES string of the molecule is CC(=O)Nc1cccc(-c2ncc(C(C)N)n2C)c1. The van der Waals surface area contributed by atoms with Crippen molar-refractivity contribution in [2.45, 2.75) is 19.9 Å². The lowest BCUT2D eigenvalue weighted by Gasteiger charge is -2.09. The molecular weight excluding hydrogens is 240 g/mol. The molecule has 1 unspecified atom stereocenters. The molecule has 100 valence electrons. The van der Waals surface area contributed by atoms with E-state index in [4.69, 9.17) is 5.73 Å². The normalized spacial score (nSPS) is 12.2. The van der Waals surface area contributed by atoms with Crippen molar-refractivity contribution in [2.24, 2.45) is 12.8 Å². The summed E-state index contributed by atoms with van der Waals surface area (Å²) in [6.45, 7) is 3.41. The number of rotatable bonds is 3. The minimum absolute atomic E-state index is 0.0650. The number of anilines is 1. The Hall–Kier alpha value is -2.14. The molecule has 0 aliphatic heterocycles. The molecule has 1 aromatic carbocycles. The molecule has 1 aromatic heterocycles. The van der Waals surface area contributed by atoms with E-state index in [1.807, 2.05) is 42.8 Å². The van der Waals surface area contributed by atoms with E-state index in [1.54, 1.807) is 6.20 Å². The van der Waals surface area contributed by atoms with Crippen LogP contribution in [0.3, 0.4) is 0 Å². The van der Waals surface area contributed by atoms with Crippen molar-refractivity contribution in [3.63, 3.8) is 0 Å². The molecule has 19 heavy (non-hydrogen) atoms. The van der Waals surface area contributed by atoms with E-state index in [0.29, 0.717) is 0 Å². The quantitative estimate of drug-likeness (QED) is 0.885.